The molecule has 0 saturated heterocycles. The fourth-order valence-corrected chi connectivity index (χ4v) is 2.01. The molecule has 1 aromatic rings. The molecule has 0 aliphatic rings. The average Bonchev–Trinajstić information content (AvgIpc) is 2.33. The van der Waals surface area contributed by atoms with Crippen molar-refractivity contribution in [3.63, 3.8) is 0 Å². The molecule has 0 saturated carbocycles. The summed E-state index contributed by atoms with van der Waals surface area (Å²) in [6, 6.07) is 4.42. The zero-order chi connectivity index (χ0) is 12.7. The van der Waals surface area contributed by atoms with Crippen molar-refractivity contribution in [1.82, 2.24) is 0 Å². The molecule has 17 heavy (non-hydrogen) atoms. The Hall–Kier alpha value is -0.760. The molecule has 0 aliphatic carbocycles. The van der Waals surface area contributed by atoms with Crippen molar-refractivity contribution in [2.24, 2.45) is 5.92 Å². The molecular weight excluding hydrogens is 237 g/mol. The second-order valence-electron chi connectivity index (χ2n) is 4.42. The summed E-state index contributed by atoms with van der Waals surface area (Å²) in [5.41, 5.74) is 0.696. The van der Waals surface area contributed by atoms with Crippen LogP contribution in [0, 0.1) is 11.7 Å². The molecule has 0 radical (unpaired) electrons. The van der Waals surface area contributed by atoms with Gasteiger partial charge in [-0.2, -0.15) is 0 Å². The Bertz CT molecular complexity index is 341. The van der Waals surface area contributed by atoms with E-state index in [1.807, 2.05) is 0 Å². The number of benzene rings is 1. The molecule has 3 heteroatoms. The summed E-state index contributed by atoms with van der Waals surface area (Å²) in [6.07, 6.45) is 4.82. The normalized spacial score (nSPS) is 12.5. The molecule has 0 bridgehead atoms. The maximum Gasteiger partial charge on any atom is 0.125 e. The first-order valence-corrected chi connectivity index (χ1v) is 6.74. The van der Waals surface area contributed by atoms with Crippen LogP contribution in [0.25, 0.3) is 0 Å². The van der Waals surface area contributed by atoms with Gasteiger partial charge >= 0.3 is 0 Å². The number of hydrogen-bond donors (Lipinski definition) is 1. The summed E-state index contributed by atoms with van der Waals surface area (Å²) in [5.74, 6) is 0.382. The quantitative estimate of drug-likeness (QED) is 0.716. The van der Waals surface area contributed by atoms with E-state index in [2.05, 4.69) is 19.2 Å². The van der Waals surface area contributed by atoms with Crippen LogP contribution in [0.2, 0.25) is 5.02 Å². The van der Waals surface area contributed by atoms with Crippen LogP contribution < -0.4 is 5.32 Å². The zero-order valence-electron chi connectivity index (χ0n) is 10.6. The van der Waals surface area contributed by atoms with Gasteiger partial charge in [-0.25, -0.2) is 4.39 Å². The van der Waals surface area contributed by atoms with Gasteiger partial charge in [0.25, 0.3) is 0 Å². The minimum atomic E-state index is -0.251. The topological polar surface area (TPSA) is 12.0 Å². The third kappa shape index (κ3) is 4.95. The predicted octanol–water partition coefficient (Wildman–Crippen LogP) is 5.11. The highest BCUT2D eigenvalue weighted by Gasteiger charge is 2.07. The van der Waals surface area contributed by atoms with E-state index in [4.69, 9.17) is 11.6 Å². The van der Waals surface area contributed by atoms with Crippen LogP contribution in [0.4, 0.5) is 10.1 Å². The van der Waals surface area contributed by atoms with Crippen LogP contribution in [0.1, 0.15) is 39.5 Å². The van der Waals surface area contributed by atoms with Crippen molar-refractivity contribution in [3.05, 3.63) is 29.0 Å². The third-order valence-electron chi connectivity index (χ3n) is 3.05. The van der Waals surface area contributed by atoms with E-state index in [-0.39, 0.29) is 5.82 Å². The smallest absolute Gasteiger partial charge is 0.125 e. The highest BCUT2D eigenvalue weighted by Crippen LogP contribution is 2.23. The number of rotatable bonds is 7. The van der Waals surface area contributed by atoms with Gasteiger partial charge in [0, 0.05) is 6.54 Å². The second kappa shape index (κ2) is 7.54. The molecule has 1 atom stereocenters. The van der Waals surface area contributed by atoms with Gasteiger partial charge in [0.2, 0.25) is 0 Å². The lowest BCUT2D eigenvalue weighted by atomic mass is 9.99. The minimum Gasteiger partial charge on any atom is -0.383 e. The van der Waals surface area contributed by atoms with Crippen LogP contribution in [-0.4, -0.2) is 6.54 Å². The van der Waals surface area contributed by atoms with E-state index in [0.717, 1.165) is 13.0 Å². The van der Waals surface area contributed by atoms with Crippen LogP contribution in [0.5, 0.6) is 0 Å². The summed E-state index contributed by atoms with van der Waals surface area (Å²) < 4.78 is 13.1. The monoisotopic (exact) mass is 257 g/mol. The number of halogens is 2. The molecule has 96 valence electrons. The molecule has 0 aliphatic heterocycles. The zero-order valence-corrected chi connectivity index (χ0v) is 11.4. The van der Waals surface area contributed by atoms with Crippen molar-refractivity contribution in [2.75, 3.05) is 11.9 Å². The van der Waals surface area contributed by atoms with Gasteiger partial charge in [0.15, 0.2) is 0 Å². The molecule has 0 fully saturated rings. The Kier molecular flexibility index (Phi) is 6.35. The molecule has 0 amide bonds. The lowest BCUT2D eigenvalue weighted by molar-refractivity contribution is 0.472. The molecule has 1 unspecified atom stereocenters. The third-order valence-corrected chi connectivity index (χ3v) is 3.38. The first kappa shape index (κ1) is 14.3. The Morgan fingerprint density at radius 2 is 2.12 bits per heavy atom. The Balaban J connectivity index is 2.50. The lowest BCUT2D eigenvalue weighted by Crippen LogP contribution is -2.14. The summed E-state index contributed by atoms with van der Waals surface area (Å²) in [4.78, 5) is 0. The van der Waals surface area contributed by atoms with Crippen molar-refractivity contribution < 1.29 is 4.39 Å². The van der Waals surface area contributed by atoms with Gasteiger partial charge in [-0.05, 0) is 30.5 Å². The Morgan fingerprint density at radius 1 is 1.35 bits per heavy atom. The molecular formula is C14H21ClFN. The summed E-state index contributed by atoms with van der Waals surface area (Å²) in [6.45, 7) is 5.25. The Morgan fingerprint density at radius 3 is 2.76 bits per heavy atom. The SMILES string of the molecule is CCCCC(CC)CNc1cc(F)ccc1Cl. The van der Waals surface area contributed by atoms with Crippen molar-refractivity contribution >= 4 is 17.3 Å². The van der Waals surface area contributed by atoms with Gasteiger partial charge in [0.1, 0.15) is 5.82 Å². The maximum atomic E-state index is 13.1. The highest BCUT2D eigenvalue weighted by molar-refractivity contribution is 6.33. The van der Waals surface area contributed by atoms with Gasteiger partial charge in [0.05, 0.1) is 10.7 Å². The molecule has 0 spiro atoms. The molecule has 1 N–H and O–H groups in total. The summed E-state index contributed by atoms with van der Waals surface area (Å²) >= 11 is 6.00. The standard InChI is InChI=1S/C14H21ClFN/c1-3-5-6-11(4-2)10-17-14-9-12(16)7-8-13(14)15/h7-9,11,17H,3-6,10H2,1-2H3. The first-order chi connectivity index (χ1) is 8.17. The van der Waals surface area contributed by atoms with Crippen LogP contribution in [0.3, 0.4) is 0 Å². The number of hydrogen-bond acceptors (Lipinski definition) is 1. The van der Waals surface area contributed by atoms with E-state index in [0.29, 0.717) is 16.6 Å². The van der Waals surface area contributed by atoms with Crippen molar-refractivity contribution in [3.8, 4) is 0 Å². The minimum absolute atomic E-state index is 0.251. The van der Waals surface area contributed by atoms with Crippen LogP contribution >= 0.6 is 11.6 Å². The van der Waals surface area contributed by atoms with Crippen molar-refractivity contribution in [1.29, 1.82) is 0 Å². The highest BCUT2D eigenvalue weighted by atomic mass is 35.5. The molecule has 0 aromatic heterocycles. The fourth-order valence-electron chi connectivity index (χ4n) is 1.83. The van der Waals surface area contributed by atoms with E-state index in [1.54, 1.807) is 6.07 Å². The molecule has 1 aromatic carbocycles. The van der Waals surface area contributed by atoms with Crippen LogP contribution in [0.15, 0.2) is 18.2 Å². The number of unbranched alkanes of at least 4 members (excludes halogenated alkanes) is 1. The molecule has 1 rings (SSSR count). The van der Waals surface area contributed by atoms with Gasteiger partial charge in [-0.3, -0.25) is 0 Å². The van der Waals surface area contributed by atoms with E-state index in [9.17, 15) is 4.39 Å². The first-order valence-electron chi connectivity index (χ1n) is 6.36. The van der Waals surface area contributed by atoms with Gasteiger partial charge in [-0.1, -0.05) is 44.7 Å². The lowest BCUT2D eigenvalue weighted by Gasteiger charge is -2.16. The number of nitrogens with one attached hydrogen (secondary N) is 1. The summed E-state index contributed by atoms with van der Waals surface area (Å²) in [5, 5.41) is 3.82. The van der Waals surface area contributed by atoms with E-state index >= 15 is 0 Å². The van der Waals surface area contributed by atoms with E-state index in [1.165, 1.54) is 31.4 Å². The second-order valence-corrected chi connectivity index (χ2v) is 4.83. The Labute approximate surface area is 108 Å². The van der Waals surface area contributed by atoms with E-state index < -0.39 is 0 Å². The van der Waals surface area contributed by atoms with Gasteiger partial charge < -0.3 is 5.32 Å². The van der Waals surface area contributed by atoms with Gasteiger partial charge in [-0.15, -0.1) is 0 Å². The molecule has 1 nitrogen and oxygen atoms in total. The average molecular weight is 258 g/mol. The molecule has 0 heterocycles. The fraction of sp³-hybridized carbons (Fsp3) is 0.571. The van der Waals surface area contributed by atoms with Crippen LogP contribution in [-0.2, 0) is 0 Å². The maximum absolute atomic E-state index is 13.1. The largest absolute Gasteiger partial charge is 0.383 e. The summed E-state index contributed by atoms with van der Waals surface area (Å²) in [7, 11) is 0. The number of anilines is 1. The predicted molar refractivity (Wildman–Crippen MR) is 73.2 cm³/mol. The van der Waals surface area contributed by atoms with Crippen molar-refractivity contribution in [2.45, 2.75) is 39.5 Å².